The SMILES string of the molecule is CCC(C)Oc1cccc(C(=O)Nc2ccc(OC)c(-c3ccc(CO)o3)c2)c1. The van der Waals surface area contributed by atoms with E-state index in [9.17, 15) is 9.90 Å². The number of aliphatic hydroxyl groups excluding tert-OH is 1. The molecule has 2 aromatic carbocycles. The third-order valence-electron chi connectivity index (χ3n) is 4.55. The van der Waals surface area contributed by atoms with Crippen molar-refractivity contribution in [1.82, 2.24) is 0 Å². The van der Waals surface area contributed by atoms with E-state index >= 15 is 0 Å². The van der Waals surface area contributed by atoms with Crippen molar-refractivity contribution in [3.63, 3.8) is 0 Å². The molecule has 0 aliphatic carbocycles. The van der Waals surface area contributed by atoms with Crippen molar-refractivity contribution in [2.24, 2.45) is 0 Å². The van der Waals surface area contributed by atoms with Crippen molar-refractivity contribution in [3.8, 4) is 22.8 Å². The summed E-state index contributed by atoms with van der Waals surface area (Å²) >= 11 is 0. The van der Waals surface area contributed by atoms with E-state index in [4.69, 9.17) is 13.9 Å². The number of hydrogen-bond acceptors (Lipinski definition) is 5. The van der Waals surface area contributed by atoms with Crippen LogP contribution in [0.1, 0.15) is 36.4 Å². The average molecular weight is 395 g/mol. The Morgan fingerprint density at radius 1 is 1.17 bits per heavy atom. The van der Waals surface area contributed by atoms with E-state index in [1.807, 2.05) is 19.9 Å². The summed E-state index contributed by atoms with van der Waals surface area (Å²) in [6, 6.07) is 15.8. The minimum atomic E-state index is -0.244. The maximum atomic E-state index is 12.7. The number of ether oxygens (including phenoxy) is 2. The van der Waals surface area contributed by atoms with Crippen LogP contribution in [0.5, 0.6) is 11.5 Å². The van der Waals surface area contributed by atoms with Gasteiger partial charge in [0.05, 0.1) is 18.8 Å². The van der Waals surface area contributed by atoms with Gasteiger partial charge in [0.25, 0.3) is 5.91 Å². The molecule has 2 N–H and O–H groups in total. The molecule has 1 heterocycles. The molecule has 1 unspecified atom stereocenters. The van der Waals surface area contributed by atoms with Crippen LogP contribution in [0.2, 0.25) is 0 Å². The Kier molecular flexibility index (Phi) is 6.57. The van der Waals surface area contributed by atoms with E-state index in [1.165, 1.54) is 0 Å². The fourth-order valence-corrected chi connectivity index (χ4v) is 2.82. The summed E-state index contributed by atoms with van der Waals surface area (Å²) in [5.74, 6) is 2.02. The molecule has 1 aromatic heterocycles. The zero-order chi connectivity index (χ0) is 20.8. The van der Waals surface area contributed by atoms with Crippen molar-refractivity contribution < 1.29 is 23.8 Å². The number of anilines is 1. The molecule has 29 heavy (non-hydrogen) atoms. The molecular formula is C23H25NO5. The first-order chi connectivity index (χ1) is 14.0. The highest BCUT2D eigenvalue weighted by Crippen LogP contribution is 2.34. The van der Waals surface area contributed by atoms with E-state index in [-0.39, 0.29) is 18.6 Å². The van der Waals surface area contributed by atoms with Gasteiger partial charge in [-0.15, -0.1) is 0 Å². The van der Waals surface area contributed by atoms with Crippen LogP contribution < -0.4 is 14.8 Å². The molecule has 0 radical (unpaired) electrons. The van der Waals surface area contributed by atoms with Crippen LogP contribution in [0.25, 0.3) is 11.3 Å². The minimum Gasteiger partial charge on any atom is -0.496 e. The van der Waals surface area contributed by atoms with Crippen LogP contribution in [0.15, 0.2) is 59.0 Å². The second-order valence-corrected chi connectivity index (χ2v) is 6.66. The minimum absolute atomic E-state index is 0.0783. The van der Waals surface area contributed by atoms with Gasteiger partial charge in [-0.2, -0.15) is 0 Å². The van der Waals surface area contributed by atoms with Crippen LogP contribution in [0.3, 0.4) is 0 Å². The molecule has 152 valence electrons. The second kappa shape index (κ2) is 9.30. The Morgan fingerprint density at radius 3 is 2.69 bits per heavy atom. The summed E-state index contributed by atoms with van der Waals surface area (Å²) in [6.45, 7) is 3.85. The van der Waals surface area contributed by atoms with Gasteiger partial charge in [-0.1, -0.05) is 13.0 Å². The summed E-state index contributed by atoms with van der Waals surface area (Å²) in [5, 5.41) is 12.1. The first-order valence-electron chi connectivity index (χ1n) is 9.50. The third kappa shape index (κ3) is 4.97. The highest BCUT2D eigenvalue weighted by Gasteiger charge is 2.14. The molecular weight excluding hydrogens is 370 g/mol. The van der Waals surface area contributed by atoms with Crippen molar-refractivity contribution in [3.05, 3.63) is 65.9 Å². The topological polar surface area (TPSA) is 80.9 Å². The lowest BCUT2D eigenvalue weighted by Gasteiger charge is -2.14. The number of methoxy groups -OCH3 is 1. The smallest absolute Gasteiger partial charge is 0.255 e. The van der Waals surface area contributed by atoms with Gasteiger partial charge in [-0.05, 0) is 61.9 Å². The van der Waals surface area contributed by atoms with Gasteiger partial charge in [-0.3, -0.25) is 4.79 Å². The standard InChI is InChI=1S/C23H25NO5/c1-4-15(2)28-18-7-5-6-16(12-18)23(26)24-17-8-10-21(27-3)20(13-17)22-11-9-19(14-25)29-22/h5-13,15,25H,4,14H2,1-3H3,(H,24,26). The maximum Gasteiger partial charge on any atom is 0.255 e. The highest BCUT2D eigenvalue weighted by molar-refractivity contribution is 6.04. The number of carbonyl (C=O) groups is 1. The number of carbonyl (C=O) groups excluding carboxylic acids is 1. The zero-order valence-corrected chi connectivity index (χ0v) is 16.8. The lowest BCUT2D eigenvalue weighted by atomic mass is 10.1. The van der Waals surface area contributed by atoms with E-state index in [2.05, 4.69) is 5.32 Å². The van der Waals surface area contributed by atoms with E-state index in [1.54, 1.807) is 55.6 Å². The molecule has 1 atom stereocenters. The molecule has 0 saturated heterocycles. The van der Waals surface area contributed by atoms with Crippen LogP contribution in [0, 0.1) is 0 Å². The normalized spacial score (nSPS) is 11.7. The average Bonchev–Trinajstić information content (AvgIpc) is 3.23. The lowest BCUT2D eigenvalue weighted by molar-refractivity contribution is 0.102. The Balaban J connectivity index is 1.82. The van der Waals surface area contributed by atoms with Gasteiger partial charge in [0.2, 0.25) is 0 Å². The van der Waals surface area contributed by atoms with E-state index in [0.717, 1.165) is 6.42 Å². The van der Waals surface area contributed by atoms with Crippen LogP contribution >= 0.6 is 0 Å². The first-order valence-corrected chi connectivity index (χ1v) is 9.50. The Hall–Kier alpha value is -3.25. The molecule has 0 fully saturated rings. The Morgan fingerprint density at radius 2 is 2.00 bits per heavy atom. The van der Waals surface area contributed by atoms with Crippen molar-refractivity contribution in [1.29, 1.82) is 0 Å². The number of hydrogen-bond donors (Lipinski definition) is 2. The van der Waals surface area contributed by atoms with Crippen LogP contribution in [-0.2, 0) is 6.61 Å². The molecule has 0 bridgehead atoms. The predicted octanol–water partition coefficient (Wildman–Crippen LogP) is 4.88. The van der Waals surface area contributed by atoms with E-state index < -0.39 is 0 Å². The van der Waals surface area contributed by atoms with Gasteiger partial charge in [0.1, 0.15) is 29.6 Å². The highest BCUT2D eigenvalue weighted by atomic mass is 16.5. The molecule has 6 heteroatoms. The lowest BCUT2D eigenvalue weighted by Crippen LogP contribution is -2.13. The quantitative estimate of drug-likeness (QED) is 0.568. The van der Waals surface area contributed by atoms with Gasteiger partial charge in [-0.25, -0.2) is 0 Å². The Labute approximate surface area is 170 Å². The monoisotopic (exact) mass is 395 g/mol. The first kappa shape index (κ1) is 20.5. The van der Waals surface area contributed by atoms with E-state index in [0.29, 0.717) is 39.8 Å². The summed E-state index contributed by atoms with van der Waals surface area (Å²) in [5.41, 5.74) is 1.78. The second-order valence-electron chi connectivity index (χ2n) is 6.66. The van der Waals surface area contributed by atoms with Gasteiger partial charge < -0.3 is 24.3 Å². The van der Waals surface area contributed by atoms with Crippen LogP contribution in [0.4, 0.5) is 5.69 Å². The molecule has 0 aliphatic heterocycles. The molecule has 6 nitrogen and oxygen atoms in total. The molecule has 3 rings (SSSR count). The van der Waals surface area contributed by atoms with Gasteiger partial charge in [0, 0.05) is 11.3 Å². The predicted molar refractivity (Wildman–Crippen MR) is 111 cm³/mol. The van der Waals surface area contributed by atoms with Crippen molar-refractivity contribution in [2.75, 3.05) is 12.4 Å². The van der Waals surface area contributed by atoms with Crippen molar-refractivity contribution >= 4 is 11.6 Å². The molecule has 0 saturated carbocycles. The number of nitrogens with one attached hydrogen (secondary N) is 1. The van der Waals surface area contributed by atoms with Gasteiger partial charge in [0.15, 0.2) is 0 Å². The fraction of sp³-hybridized carbons (Fsp3) is 0.261. The maximum absolute atomic E-state index is 12.7. The largest absolute Gasteiger partial charge is 0.496 e. The van der Waals surface area contributed by atoms with Crippen molar-refractivity contribution in [2.45, 2.75) is 33.0 Å². The number of rotatable bonds is 8. The fourth-order valence-electron chi connectivity index (χ4n) is 2.82. The third-order valence-corrected chi connectivity index (χ3v) is 4.55. The molecule has 3 aromatic rings. The molecule has 0 aliphatic rings. The Bertz CT molecular complexity index is 979. The summed E-state index contributed by atoms with van der Waals surface area (Å²) in [4.78, 5) is 12.7. The number of furan rings is 1. The zero-order valence-electron chi connectivity index (χ0n) is 16.8. The number of aliphatic hydroxyl groups is 1. The van der Waals surface area contributed by atoms with Gasteiger partial charge >= 0.3 is 0 Å². The summed E-state index contributed by atoms with van der Waals surface area (Å²) in [7, 11) is 1.57. The van der Waals surface area contributed by atoms with Crippen LogP contribution in [-0.4, -0.2) is 24.2 Å². The number of amides is 1. The summed E-state index contributed by atoms with van der Waals surface area (Å²) < 4.78 is 16.8. The number of benzene rings is 2. The summed E-state index contributed by atoms with van der Waals surface area (Å²) in [6.07, 6.45) is 0.963. The molecule has 1 amide bonds. The molecule has 0 spiro atoms.